The Hall–Kier alpha value is 1.07. The van der Waals surface area contributed by atoms with E-state index in [1.165, 1.54) is 77.0 Å². The van der Waals surface area contributed by atoms with Gasteiger partial charge in [0.1, 0.15) is 0 Å². The number of hydrogen-bond acceptors (Lipinski definition) is 2. The fourth-order valence-corrected chi connectivity index (χ4v) is 2.66. The van der Waals surface area contributed by atoms with Gasteiger partial charge in [-0.05, 0) is 6.42 Å². The topological polar surface area (TPSA) is 57.5 Å². The van der Waals surface area contributed by atoms with Gasteiger partial charge in [-0.1, -0.05) is 96.8 Å². The van der Waals surface area contributed by atoms with Gasteiger partial charge >= 0.3 is 5.97 Å². The second-order valence-electron chi connectivity index (χ2n) is 6.24. The normalized spacial score (nSPS) is 11.9. The van der Waals surface area contributed by atoms with Gasteiger partial charge < -0.3 is 10.2 Å². The van der Waals surface area contributed by atoms with E-state index >= 15 is 0 Å². The van der Waals surface area contributed by atoms with Crippen molar-refractivity contribution in [3.05, 3.63) is 0 Å². The number of rotatable bonds is 16. The van der Waals surface area contributed by atoms with Crippen molar-refractivity contribution in [2.45, 2.75) is 109 Å². The first-order valence-corrected chi connectivity index (χ1v) is 9.09. The zero-order valence-corrected chi connectivity index (χ0v) is 18.1. The Morgan fingerprint density at radius 1 is 0.727 bits per heavy atom. The van der Waals surface area contributed by atoms with Crippen LogP contribution in [0.4, 0.5) is 0 Å². The fourth-order valence-electron chi connectivity index (χ4n) is 2.66. The van der Waals surface area contributed by atoms with Gasteiger partial charge in [-0.3, -0.25) is 0 Å². The molecule has 0 aliphatic rings. The molecule has 0 aliphatic carbocycles. The fraction of sp³-hybridized carbons (Fsp3) is 0.944. The summed E-state index contributed by atoms with van der Waals surface area (Å²) in [4.78, 5) is 10.4. The van der Waals surface area contributed by atoms with Crippen LogP contribution in [0.5, 0.6) is 0 Å². The number of unbranched alkanes of at least 4 members (excludes halogenated alkanes) is 13. The number of carboxylic acids is 1. The van der Waals surface area contributed by atoms with E-state index in [0.717, 1.165) is 12.8 Å². The predicted octanol–water partition coefficient (Wildman–Crippen LogP) is 4.92. The van der Waals surface area contributed by atoms with Gasteiger partial charge in [-0.15, -0.1) is 0 Å². The van der Waals surface area contributed by atoms with E-state index < -0.39 is 12.1 Å². The number of aliphatic hydroxyl groups is 1. The molecule has 4 heteroatoms. The Labute approximate surface area is 180 Å². The molecule has 2 N–H and O–H groups in total. The van der Waals surface area contributed by atoms with Crippen molar-refractivity contribution in [2.75, 3.05) is 0 Å². The van der Waals surface area contributed by atoms with Crippen LogP contribution >= 0.6 is 0 Å². The third kappa shape index (κ3) is 19.1. The summed E-state index contributed by atoms with van der Waals surface area (Å²) in [6.45, 7) is 2.26. The summed E-state index contributed by atoms with van der Waals surface area (Å²) in [5.41, 5.74) is 0. The summed E-state index contributed by atoms with van der Waals surface area (Å²) in [5.74, 6) is -1.09. The van der Waals surface area contributed by atoms with E-state index in [-0.39, 0.29) is 51.4 Å². The molecule has 0 bridgehead atoms. The maximum atomic E-state index is 10.4. The van der Waals surface area contributed by atoms with E-state index in [0.29, 0.717) is 6.42 Å². The minimum Gasteiger partial charge on any atom is -0.479 e. The smallest absolute Gasteiger partial charge is 0.332 e. The van der Waals surface area contributed by atoms with E-state index in [9.17, 15) is 4.79 Å². The summed E-state index contributed by atoms with van der Waals surface area (Å²) in [6.07, 6.45) is 17.3. The molecular weight excluding hydrogens is 303 g/mol. The first-order valence-electron chi connectivity index (χ1n) is 9.09. The molecule has 1 atom stereocenters. The average molecular weight is 340 g/mol. The predicted molar refractivity (Wildman–Crippen MR) is 94.3 cm³/mol. The van der Waals surface area contributed by atoms with Gasteiger partial charge in [0.25, 0.3) is 0 Å². The second kappa shape index (κ2) is 20.1. The molecule has 0 spiro atoms. The summed E-state index contributed by atoms with van der Waals surface area (Å²) < 4.78 is 0. The Kier molecular flexibility index (Phi) is 23.1. The van der Waals surface area contributed by atoms with Gasteiger partial charge in [0.05, 0.1) is 0 Å². The third-order valence-electron chi connectivity index (χ3n) is 4.12. The maximum absolute atomic E-state index is 10.4. The molecule has 0 aromatic carbocycles. The first kappa shape index (κ1) is 25.3. The molecule has 0 aromatic heterocycles. The minimum absolute atomic E-state index is 0. The standard InChI is InChI=1S/C18H36O3.K/c1-2-3-4-5-6-7-8-9-10-11-12-13-14-15-16-17(19)18(20)21;/h17,19H,2-16H2,1H3,(H,20,21);. The Bertz CT molecular complexity index is 234. The van der Waals surface area contributed by atoms with Crippen LogP contribution in [0.3, 0.4) is 0 Å². The van der Waals surface area contributed by atoms with Gasteiger partial charge in [0, 0.05) is 51.4 Å². The van der Waals surface area contributed by atoms with Crippen LogP contribution in [0, 0.1) is 0 Å². The van der Waals surface area contributed by atoms with Crippen LogP contribution in [-0.2, 0) is 4.79 Å². The van der Waals surface area contributed by atoms with E-state index in [1.54, 1.807) is 0 Å². The number of carboxylic acid groups (broad SMARTS) is 1. The minimum atomic E-state index is -1.16. The van der Waals surface area contributed by atoms with Crippen molar-refractivity contribution in [3.63, 3.8) is 0 Å². The number of hydrogen-bond donors (Lipinski definition) is 2. The van der Waals surface area contributed by atoms with Crippen LogP contribution < -0.4 is 0 Å². The number of aliphatic hydroxyl groups excluding tert-OH is 1. The van der Waals surface area contributed by atoms with E-state index in [4.69, 9.17) is 10.2 Å². The Balaban J connectivity index is 0. The molecule has 0 saturated heterocycles. The molecule has 22 heavy (non-hydrogen) atoms. The van der Waals surface area contributed by atoms with Crippen LogP contribution in [0.15, 0.2) is 0 Å². The molecule has 127 valence electrons. The number of aliphatic carboxylic acids is 1. The van der Waals surface area contributed by atoms with Crippen molar-refractivity contribution < 1.29 is 15.0 Å². The molecule has 0 aliphatic heterocycles. The summed E-state index contributed by atoms with van der Waals surface area (Å²) in [7, 11) is 0. The monoisotopic (exact) mass is 339 g/mol. The summed E-state index contributed by atoms with van der Waals surface area (Å²) in [5, 5.41) is 17.7. The quantitative estimate of drug-likeness (QED) is 0.310. The van der Waals surface area contributed by atoms with Crippen LogP contribution in [0.2, 0.25) is 0 Å². The van der Waals surface area contributed by atoms with Crippen molar-refractivity contribution in [3.8, 4) is 0 Å². The zero-order chi connectivity index (χ0) is 15.8. The van der Waals surface area contributed by atoms with Crippen LogP contribution in [0.1, 0.15) is 103 Å². The van der Waals surface area contributed by atoms with Gasteiger partial charge in [0.15, 0.2) is 6.10 Å². The molecule has 0 fully saturated rings. The van der Waals surface area contributed by atoms with Crippen molar-refractivity contribution in [1.29, 1.82) is 0 Å². The summed E-state index contributed by atoms with van der Waals surface area (Å²) >= 11 is 0. The second-order valence-corrected chi connectivity index (χ2v) is 6.24. The zero-order valence-electron chi connectivity index (χ0n) is 15.0. The van der Waals surface area contributed by atoms with Crippen LogP contribution in [-0.4, -0.2) is 73.7 Å². The molecule has 0 heterocycles. The first-order chi connectivity index (χ1) is 10.2. The molecular formula is C18H36KO3. The van der Waals surface area contributed by atoms with Crippen molar-refractivity contribution >= 4 is 57.4 Å². The van der Waals surface area contributed by atoms with E-state index in [2.05, 4.69) is 6.92 Å². The SMILES string of the molecule is CCCCCCCCCCCCCCCCC(O)C(=O)O.[K]. The average Bonchev–Trinajstić information content (AvgIpc) is 2.47. The third-order valence-corrected chi connectivity index (χ3v) is 4.12. The van der Waals surface area contributed by atoms with Crippen molar-refractivity contribution in [2.24, 2.45) is 0 Å². The van der Waals surface area contributed by atoms with Gasteiger partial charge in [-0.25, -0.2) is 4.79 Å². The number of carbonyl (C=O) groups is 1. The van der Waals surface area contributed by atoms with Gasteiger partial charge in [0.2, 0.25) is 0 Å². The molecule has 0 aromatic rings. The molecule has 1 radical (unpaired) electrons. The molecule has 0 saturated carbocycles. The Morgan fingerprint density at radius 2 is 1.05 bits per heavy atom. The van der Waals surface area contributed by atoms with Crippen LogP contribution in [0.25, 0.3) is 0 Å². The summed E-state index contributed by atoms with van der Waals surface area (Å²) in [6, 6.07) is 0. The molecule has 3 nitrogen and oxygen atoms in total. The molecule has 0 amide bonds. The largest absolute Gasteiger partial charge is 0.479 e. The molecule has 1 unspecified atom stereocenters. The molecule has 0 rings (SSSR count). The Morgan fingerprint density at radius 3 is 1.36 bits per heavy atom. The van der Waals surface area contributed by atoms with E-state index in [1.807, 2.05) is 0 Å². The van der Waals surface area contributed by atoms with Crippen molar-refractivity contribution in [1.82, 2.24) is 0 Å². The van der Waals surface area contributed by atoms with Gasteiger partial charge in [-0.2, -0.15) is 0 Å². The maximum Gasteiger partial charge on any atom is 0.332 e.